The van der Waals surface area contributed by atoms with Crippen molar-refractivity contribution < 1.29 is 13.2 Å². The molecule has 1 saturated heterocycles. The lowest BCUT2D eigenvalue weighted by Gasteiger charge is -2.38. The number of aromatic amines is 1. The van der Waals surface area contributed by atoms with E-state index in [1.165, 1.54) is 0 Å². The third-order valence-electron chi connectivity index (χ3n) is 5.51. The minimum absolute atomic E-state index is 0.0795. The summed E-state index contributed by atoms with van der Waals surface area (Å²) >= 11 is 0. The van der Waals surface area contributed by atoms with Crippen molar-refractivity contribution in [3.63, 3.8) is 0 Å². The summed E-state index contributed by atoms with van der Waals surface area (Å²) in [6, 6.07) is 8.72. The van der Waals surface area contributed by atoms with Crippen LogP contribution in [-0.2, 0) is 10.0 Å². The standard InChI is InChI=1S/C19H25N5O3S/c1-12(2)15-11-16(22-21-15)19(25)24-9-7-13(8-10-24)18-20-14-5-3-4-6-17(14)28(26,27)23-18/h3-6,11-13,18,20,23H,7-10H2,1-2H3,(H,21,22). The number of sulfonamides is 1. The zero-order valence-electron chi connectivity index (χ0n) is 16.0. The van der Waals surface area contributed by atoms with Crippen LogP contribution in [0.3, 0.4) is 0 Å². The zero-order chi connectivity index (χ0) is 19.9. The molecule has 9 heteroatoms. The largest absolute Gasteiger partial charge is 0.368 e. The van der Waals surface area contributed by atoms with Crippen LogP contribution >= 0.6 is 0 Å². The first-order valence-corrected chi connectivity index (χ1v) is 11.1. The molecular formula is C19H25N5O3S. The smallest absolute Gasteiger partial charge is 0.274 e. The highest BCUT2D eigenvalue weighted by molar-refractivity contribution is 7.89. The van der Waals surface area contributed by atoms with Gasteiger partial charge in [-0.3, -0.25) is 9.89 Å². The van der Waals surface area contributed by atoms with Gasteiger partial charge < -0.3 is 10.2 Å². The van der Waals surface area contributed by atoms with Crippen LogP contribution in [0.4, 0.5) is 5.69 Å². The van der Waals surface area contributed by atoms with Crippen LogP contribution in [0.1, 0.15) is 48.8 Å². The Hall–Kier alpha value is -2.39. The first-order chi connectivity index (χ1) is 13.3. The average molecular weight is 404 g/mol. The number of anilines is 1. The van der Waals surface area contributed by atoms with Gasteiger partial charge in [0.15, 0.2) is 0 Å². The van der Waals surface area contributed by atoms with Crippen molar-refractivity contribution in [2.45, 2.75) is 43.7 Å². The first kappa shape index (κ1) is 18.9. The molecule has 0 spiro atoms. The molecule has 150 valence electrons. The summed E-state index contributed by atoms with van der Waals surface area (Å²) in [5, 5.41) is 10.4. The van der Waals surface area contributed by atoms with E-state index in [2.05, 4.69) is 20.2 Å². The molecule has 1 aromatic carbocycles. The summed E-state index contributed by atoms with van der Waals surface area (Å²) in [7, 11) is -3.53. The number of H-pyrrole nitrogens is 1. The van der Waals surface area contributed by atoms with Crippen LogP contribution in [0, 0.1) is 5.92 Å². The average Bonchev–Trinajstić information content (AvgIpc) is 3.18. The molecule has 1 aromatic heterocycles. The fourth-order valence-electron chi connectivity index (χ4n) is 3.80. The number of rotatable bonds is 3. The van der Waals surface area contributed by atoms with E-state index in [0.29, 0.717) is 24.5 Å². The van der Waals surface area contributed by atoms with E-state index in [4.69, 9.17) is 0 Å². The van der Waals surface area contributed by atoms with Gasteiger partial charge in [-0.05, 0) is 42.9 Å². The van der Waals surface area contributed by atoms with Gasteiger partial charge in [0.1, 0.15) is 10.6 Å². The van der Waals surface area contributed by atoms with Crippen LogP contribution in [0.15, 0.2) is 35.2 Å². The van der Waals surface area contributed by atoms with E-state index in [1.807, 2.05) is 26.0 Å². The molecule has 1 atom stereocenters. The van der Waals surface area contributed by atoms with E-state index in [1.54, 1.807) is 23.1 Å². The molecule has 4 rings (SSSR count). The van der Waals surface area contributed by atoms with Crippen molar-refractivity contribution in [1.29, 1.82) is 0 Å². The Morgan fingerprint density at radius 2 is 1.93 bits per heavy atom. The maximum atomic E-state index is 12.7. The minimum Gasteiger partial charge on any atom is -0.368 e. The monoisotopic (exact) mass is 403 g/mol. The lowest BCUT2D eigenvalue weighted by molar-refractivity contribution is 0.0673. The Morgan fingerprint density at radius 1 is 1.21 bits per heavy atom. The second-order valence-corrected chi connectivity index (χ2v) is 9.41. The summed E-state index contributed by atoms with van der Waals surface area (Å²) in [6.07, 6.45) is 1.07. The molecule has 1 fully saturated rings. The van der Waals surface area contributed by atoms with Crippen molar-refractivity contribution in [2.75, 3.05) is 18.4 Å². The third kappa shape index (κ3) is 3.51. The molecule has 0 aliphatic carbocycles. The lowest BCUT2D eigenvalue weighted by Crippen LogP contribution is -2.52. The number of para-hydroxylation sites is 1. The van der Waals surface area contributed by atoms with Crippen LogP contribution < -0.4 is 10.0 Å². The molecule has 3 N–H and O–H groups in total. The second-order valence-electron chi connectivity index (χ2n) is 7.73. The van der Waals surface area contributed by atoms with Crippen molar-refractivity contribution in [3.8, 4) is 0 Å². The summed E-state index contributed by atoms with van der Waals surface area (Å²) < 4.78 is 27.8. The number of hydrogen-bond donors (Lipinski definition) is 3. The number of piperidine rings is 1. The van der Waals surface area contributed by atoms with Crippen LogP contribution in [0.5, 0.6) is 0 Å². The van der Waals surface area contributed by atoms with E-state index in [9.17, 15) is 13.2 Å². The van der Waals surface area contributed by atoms with Crippen molar-refractivity contribution >= 4 is 21.6 Å². The Balaban J connectivity index is 1.41. The molecule has 28 heavy (non-hydrogen) atoms. The predicted molar refractivity (Wildman–Crippen MR) is 105 cm³/mol. The van der Waals surface area contributed by atoms with E-state index in [0.717, 1.165) is 18.5 Å². The van der Waals surface area contributed by atoms with Gasteiger partial charge in [0.05, 0.1) is 11.9 Å². The number of aromatic nitrogens is 2. The van der Waals surface area contributed by atoms with Crippen LogP contribution in [-0.4, -0.2) is 48.7 Å². The number of benzene rings is 1. The molecule has 2 aliphatic heterocycles. The van der Waals surface area contributed by atoms with Crippen LogP contribution in [0.25, 0.3) is 0 Å². The van der Waals surface area contributed by atoms with Gasteiger partial charge in [-0.25, -0.2) is 8.42 Å². The molecule has 8 nitrogen and oxygen atoms in total. The number of carbonyl (C=O) groups excluding carboxylic acids is 1. The summed E-state index contributed by atoms with van der Waals surface area (Å²) in [6.45, 7) is 5.25. The van der Waals surface area contributed by atoms with Gasteiger partial charge in [0.2, 0.25) is 10.0 Å². The molecule has 1 unspecified atom stereocenters. The number of hydrogen-bond acceptors (Lipinski definition) is 5. The Bertz CT molecular complexity index is 977. The molecular weight excluding hydrogens is 378 g/mol. The highest BCUT2D eigenvalue weighted by Gasteiger charge is 2.36. The Kier molecular flexibility index (Phi) is 4.88. The first-order valence-electron chi connectivity index (χ1n) is 9.57. The van der Waals surface area contributed by atoms with Gasteiger partial charge in [0, 0.05) is 18.8 Å². The van der Waals surface area contributed by atoms with Gasteiger partial charge >= 0.3 is 0 Å². The maximum absolute atomic E-state index is 12.7. The zero-order valence-corrected chi connectivity index (χ0v) is 16.8. The van der Waals surface area contributed by atoms with Crippen molar-refractivity contribution in [3.05, 3.63) is 41.7 Å². The number of amides is 1. The highest BCUT2D eigenvalue weighted by atomic mass is 32.2. The van der Waals surface area contributed by atoms with E-state index >= 15 is 0 Å². The van der Waals surface area contributed by atoms with Gasteiger partial charge in [0.25, 0.3) is 5.91 Å². The quantitative estimate of drug-likeness (QED) is 0.728. The van der Waals surface area contributed by atoms with Crippen LogP contribution in [0.2, 0.25) is 0 Å². The summed E-state index contributed by atoms with van der Waals surface area (Å²) in [5.41, 5.74) is 2.01. The molecule has 1 amide bonds. The number of nitrogens with zero attached hydrogens (tertiary/aromatic N) is 2. The predicted octanol–water partition coefficient (Wildman–Crippen LogP) is 2.12. The molecule has 0 bridgehead atoms. The van der Waals surface area contributed by atoms with Gasteiger partial charge in [-0.1, -0.05) is 26.0 Å². The molecule has 3 heterocycles. The van der Waals surface area contributed by atoms with Crippen molar-refractivity contribution in [1.82, 2.24) is 19.8 Å². The number of carbonyl (C=O) groups is 1. The molecule has 0 saturated carbocycles. The van der Waals surface area contributed by atoms with E-state index < -0.39 is 10.0 Å². The highest BCUT2D eigenvalue weighted by Crippen LogP contribution is 2.31. The summed E-state index contributed by atoms with van der Waals surface area (Å²) in [4.78, 5) is 14.8. The number of fused-ring (bicyclic) bond motifs is 1. The molecule has 2 aliphatic rings. The Labute approximate surface area is 164 Å². The van der Waals surface area contributed by atoms with Gasteiger partial charge in [-0.2, -0.15) is 9.82 Å². The minimum atomic E-state index is -3.53. The maximum Gasteiger partial charge on any atom is 0.274 e. The summed E-state index contributed by atoms with van der Waals surface area (Å²) in [5.74, 6) is 0.315. The fourth-order valence-corrected chi connectivity index (χ4v) is 5.19. The van der Waals surface area contributed by atoms with Gasteiger partial charge in [-0.15, -0.1) is 0 Å². The normalized spacial score (nSPS) is 22.0. The molecule has 0 radical (unpaired) electrons. The topological polar surface area (TPSA) is 107 Å². The second kappa shape index (κ2) is 7.21. The number of nitrogens with one attached hydrogen (secondary N) is 3. The third-order valence-corrected chi connectivity index (χ3v) is 7.01. The SMILES string of the molecule is CC(C)c1cc(C(=O)N2CCC(C3Nc4ccccc4S(=O)(=O)N3)CC2)n[nH]1. The Morgan fingerprint density at radius 3 is 2.61 bits per heavy atom. The van der Waals surface area contributed by atoms with E-state index in [-0.39, 0.29) is 28.8 Å². The number of likely N-dealkylation sites (tertiary alicyclic amines) is 1. The fraction of sp³-hybridized carbons (Fsp3) is 0.474. The lowest BCUT2D eigenvalue weighted by atomic mass is 9.93. The van der Waals surface area contributed by atoms with Crippen molar-refractivity contribution in [2.24, 2.45) is 5.92 Å². The molecule has 2 aromatic rings.